The Kier molecular flexibility index (Phi) is 4.92. The molecule has 0 unspecified atom stereocenters. The van der Waals surface area contributed by atoms with Crippen molar-refractivity contribution in [3.63, 3.8) is 0 Å². The second kappa shape index (κ2) is 7.38. The molecular formula is C19H22N4O4S. The van der Waals surface area contributed by atoms with Crippen molar-refractivity contribution in [1.82, 2.24) is 15.2 Å². The molecule has 1 spiro atoms. The summed E-state index contributed by atoms with van der Waals surface area (Å²) < 4.78 is 6.12. The van der Waals surface area contributed by atoms with Crippen molar-refractivity contribution in [2.24, 2.45) is 0 Å². The molecule has 1 aliphatic carbocycles. The molecule has 0 radical (unpaired) electrons. The molecule has 9 heteroatoms. The van der Waals surface area contributed by atoms with E-state index in [9.17, 15) is 14.4 Å². The summed E-state index contributed by atoms with van der Waals surface area (Å²) in [5, 5.41) is 6.16. The number of carbonyl (C=O) groups is 3. The molecule has 0 bridgehead atoms. The van der Waals surface area contributed by atoms with Gasteiger partial charge in [0.05, 0.1) is 17.3 Å². The van der Waals surface area contributed by atoms with E-state index in [1.807, 2.05) is 18.2 Å². The summed E-state index contributed by atoms with van der Waals surface area (Å²) in [6, 6.07) is 5.20. The first-order valence-electron chi connectivity index (χ1n) is 9.39. The first-order chi connectivity index (χ1) is 13.5. The number of ether oxygens (including phenoxy) is 1. The number of anilines is 1. The van der Waals surface area contributed by atoms with Gasteiger partial charge < -0.3 is 15.4 Å². The predicted molar refractivity (Wildman–Crippen MR) is 105 cm³/mol. The Balaban J connectivity index is 1.30. The van der Waals surface area contributed by atoms with E-state index < -0.39 is 5.54 Å². The molecule has 4 amide bonds. The summed E-state index contributed by atoms with van der Waals surface area (Å²) in [5.41, 5.74) is 0.101. The fraction of sp³-hybridized carbons (Fsp3) is 0.474. The Bertz CT molecular complexity index is 935. The number of amides is 4. The molecule has 2 heterocycles. The van der Waals surface area contributed by atoms with Crippen LogP contribution in [0.1, 0.15) is 38.5 Å². The van der Waals surface area contributed by atoms with Crippen LogP contribution < -0.4 is 15.4 Å². The van der Waals surface area contributed by atoms with Gasteiger partial charge in [-0.2, -0.15) is 0 Å². The summed E-state index contributed by atoms with van der Waals surface area (Å²) in [6.07, 6.45) is 3.95. The zero-order valence-electron chi connectivity index (χ0n) is 15.6. The molecule has 1 aromatic heterocycles. The zero-order valence-corrected chi connectivity index (χ0v) is 16.4. The predicted octanol–water partition coefficient (Wildman–Crippen LogP) is 2.89. The van der Waals surface area contributed by atoms with Gasteiger partial charge in [0.15, 0.2) is 5.13 Å². The van der Waals surface area contributed by atoms with Crippen molar-refractivity contribution < 1.29 is 19.1 Å². The van der Waals surface area contributed by atoms with Crippen LogP contribution in [0.3, 0.4) is 0 Å². The van der Waals surface area contributed by atoms with Gasteiger partial charge in [-0.25, -0.2) is 9.78 Å². The topological polar surface area (TPSA) is 101 Å². The van der Waals surface area contributed by atoms with Crippen molar-refractivity contribution in [2.45, 2.75) is 44.1 Å². The van der Waals surface area contributed by atoms with Crippen LogP contribution in [-0.4, -0.2) is 46.9 Å². The SMILES string of the molecule is COc1ccc2nc(NC(=O)CCCN3C(=O)NC4(CCCC4)C3=O)sc2c1. The molecule has 1 saturated heterocycles. The third kappa shape index (κ3) is 3.42. The normalized spacial score (nSPS) is 18.1. The van der Waals surface area contributed by atoms with Gasteiger partial charge in [-0.15, -0.1) is 0 Å². The Morgan fingerprint density at radius 3 is 2.89 bits per heavy atom. The van der Waals surface area contributed by atoms with E-state index in [2.05, 4.69) is 15.6 Å². The molecule has 1 aromatic carbocycles. The molecule has 2 fully saturated rings. The second-order valence-electron chi connectivity index (χ2n) is 7.18. The van der Waals surface area contributed by atoms with Crippen molar-refractivity contribution in [1.29, 1.82) is 0 Å². The molecule has 2 aliphatic rings. The lowest BCUT2D eigenvalue weighted by Crippen LogP contribution is -2.44. The van der Waals surface area contributed by atoms with Gasteiger partial charge in [-0.1, -0.05) is 24.2 Å². The molecule has 8 nitrogen and oxygen atoms in total. The average Bonchev–Trinajstić information content (AvgIpc) is 3.35. The van der Waals surface area contributed by atoms with Crippen molar-refractivity contribution in [2.75, 3.05) is 19.0 Å². The molecule has 1 saturated carbocycles. The largest absolute Gasteiger partial charge is 0.497 e. The van der Waals surface area contributed by atoms with Gasteiger partial charge in [0.2, 0.25) is 5.91 Å². The fourth-order valence-corrected chi connectivity index (χ4v) is 4.77. The van der Waals surface area contributed by atoms with E-state index in [1.54, 1.807) is 7.11 Å². The van der Waals surface area contributed by atoms with E-state index in [-0.39, 0.29) is 30.8 Å². The highest BCUT2D eigenvalue weighted by Gasteiger charge is 2.51. The number of imide groups is 1. The van der Waals surface area contributed by atoms with E-state index in [0.29, 0.717) is 24.4 Å². The number of thiazole rings is 1. The van der Waals surface area contributed by atoms with Gasteiger partial charge >= 0.3 is 6.03 Å². The van der Waals surface area contributed by atoms with Crippen molar-refractivity contribution >= 4 is 44.5 Å². The third-order valence-corrected chi connectivity index (χ3v) is 6.26. The molecular weight excluding hydrogens is 380 g/mol. The molecule has 0 atom stereocenters. The molecule has 28 heavy (non-hydrogen) atoms. The molecule has 1 aliphatic heterocycles. The first-order valence-corrected chi connectivity index (χ1v) is 10.2. The Labute approximate surface area is 166 Å². The molecule has 4 rings (SSSR count). The Hall–Kier alpha value is -2.68. The highest BCUT2D eigenvalue weighted by molar-refractivity contribution is 7.22. The average molecular weight is 402 g/mol. The smallest absolute Gasteiger partial charge is 0.325 e. The van der Waals surface area contributed by atoms with Crippen LogP contribution in [0, 0.1) is 0 Å². The summed E-state index contributed by atoms with van der Waals surface area (Å²) in [6.45, 7) is 0.247. The number of rotatable bonds is 6. The summed E-state index contributed by atoms with van der Waals surface area (Å²) >= 11 is 1.38. The number of aromatic nitrogens is 1. The number of methoxy groups -OCH3 is 1. The van der Waals surface area contributed by atoms with Crippen LogP contribution in [0.25, 0.3) is 10.2 Å². The lowest BCUT2D eigenvalue weighted by Gasteiger charge is -2.19. The van der Waals surface area contributed by atoms with Crippen LogP contribution in [0.5, 0.6) is 5.75 Å². The summed E-state index contributed by atoms with van der Waals surface area (Å²) in [4.78, 5) is 42.6. The van der Waals surface area contributed by atoms with E-state index >= 15 is 0 Å². The van der Waals surface area contributed by atoms with Crippen LogP contribution in [0.4, 0.5) is 9.93 Å². The van der Waals surface area contributed by atoms with Gasteiger partial charge in [-0.05, 0) is 37.5 Å². The monoisotopic (exact) mass is 402 g/mol. The highest BCUT2D eigenvalue weighted by atomic mass is 32.1. The van der Waals surface area contributed by atoms with Gasteiger partial charge in [-0.3, -0.25) is 14.5 Å². The number of benzene rings is 1. The number of hydrogen-bond donors (Lipinski definition) is 2. The number of nitrogens with one attached hydrogen (secondary N) is 2. The van der Waals surface area contributed by atoms with E-state index in [4.69, 9.17) is 4.74 Å². The second-order valence-corrected chi connectivity index (χ2v) is 8.21. The maximum absolute atomic E-state index is 12.6. The summed E-state index contributed by atoms with van der Waals surface area (Å²) in [7, 11) is 1.60. The highest BCUT2D eigenvalue weighted by Crippen LogP contribution is 2.35. The number of fused-ring (bicyclic) bond motifs is 1. The van der Waals surface area contributed by atoms with Gasteiger partial charge in [0, 0.05) is 13.0 Å². The molecule has 2 aromatic rings. The van der Waals surface area contributed by atoms with Crippen LogP contribution in [0.2, 0.25) is 0 Å². The van der Waals surface area contributed by atoms with E-state index in [0.717, 1.165) is 28.8 Å². The minimum atomic E-state index is -0.693. The number of hydrogen-bond acceptors (Lipinski definition) is 6. The Morgan fingerprint density at radius 2 is 2.14 bits per heavy atom. The van der Waals surface area contributed by atoms with Gasteiger partial charge in [0.1, 0.15) is 11.3 Å². The van der Waals surface area contributed by atoms with Crippen LogP contribution in [0.15, 0.2) is 18.2 Å². The summed E-state index contributed by atoms with van der Waals surface area (Å²) in [5.74, 6) is 0.409. The minimum absolute atomic E-state index is 0.143. The van der Waals surface area contributed by atoms with Crippen LogP contribution >= 0.6 is 11.3 Å². The lowest BCUT2D eigenvalue weighted by atomic mass is 9.98. The fourth-order valence-electron chi connectivity index (χ4n) is 3.86. The standard InChI is InChI=1S/C19H22N4O4S/c1-27-12-6-7-13-14(11-12)28-17(20-13)21-15(24)5-4-10-23-16(25)19(22-18(23)26)8-2-3-9-19/h6-7,11H,2-5,8-10H2,1H3,(H,22,26)(H,20,21,24). The molecule has 148 valence electrons. The quantitative estimate of drug-likeness (QED) is 0.724. The number of urea groups is 1. The minimum Gasteiger partial charge on any atom is -0.497 e. The molecule has 2 N–H and O–H groups in total. The van der Waals surface area contributed by atoms with Gasteiger partial charge in [0.25, 0.3) is 5.91 Å². The number of nitrogens with zero attached hydrogens (tertiary/aromatic N) is 2. The maximum atomic E-state index is 12.6. The first kappa shape index (κ1) is 18.7. The lowest BCUT2D eigenvalue weighted by molar-refractivity contribution is -0.131. The number of carbonyl (C=O) groups excluding carboxylic acids is 3. The third-order valence-electron chi connectivity index (χ3n) is 5.33. The zero-order chi connectivity index (χ0) is 19.7. The van der Waals surface area contributed by atoms with Crippen molar-refractivity contribution in [3.05, 3.63) is 18.2 Å². The van der Waals surface area contributed by atoms with E-state index in [1.165, 1.54) is 16.2 Å². The Morgan fingerprint density at radius 1 is 1.36 bits per heavy atom. The maximum Gasteiger partial charge on any atom is 0.325 e. The van der Waals surface area contributed by atoms with Crippen molar-refractivity contribution in [3.8, 4) is 5.75 Å². The van der Waals surface area contributed by atoms with Crippen LogP contribution in [-0.2, 0) is 9.59 Å².